The Hall–Kier alpha value is -3.97. The molecule has 0 N–H and O–H groups in total. The number of hydrogen-bond donors (Lipinski definition) is 0. The van der Waals surface area contributed by atoms with Crippen LogP contribution in [0.25, 0.3) is 0 Å². The summed E-state index contributed by atoms with van der Waals surface area (Å²) in [4.78, 5) is 154. The van der Waals surface area contributed by atoms with Crippen LogP contribution in [0.4, 0.5) is 0 Å². The molecule has 1 fully saturated rings. The van der Waals surface area contributed by atoms with Gasteiger partial charge in [0, 0.05) is 119 Å². The normalized spacial score (nSPS) is 13.6. The van der Waals surface area contributed by atoms with Crippen LogP contribution in [0.3, 0.4) is 0 Å². The molecule has 6 unspecified atom stereocenters. The van der Waals surface area contributed by atoms with E-state index < -0.39 is 53.6 Å². The Morgan fingerprint density at radius 3 is 0.676 bits per heavy atom. The molecule has 148 heavy (non-hydrogen) atoms. The standard InChI is InChI=1S/C114H211N5O23S6/c1-12-16-20-24-28-32-36-40-44-48-85-143-92-98(5)91-131-73-74-132-104(120)55-63-118(64-56-107(123)135-77-80-138-110(126)99(6)93-144-86-49-45-41-37-33-29-25-21-17-13-2)71-89-147-96-102(9)113(129)141-83-75-133-105(121)53-61-116(59-52-60-117-69-67-115(11)68-70-117)62-54-106(122)134-76-84-142-114(130)103(10)97-148-90-72-119(65-57-108(124)136-78-81-139-111(127)100(7)94-145-87-50-46-42-38-34-30-26-22-18-14-3)66-58-109(125)137-79-82-140-112(128)101(8)95-146-88-51-47-43-39-35-31-27-23-19-15-4/h98-103H,12-97H2,1-11H3. The van der Waals surface area contributed by atoms with E-state index in [9.17, 15) is 52.7 Å². The zero-order chi connectivity index (χ0) is 108. The first-order chi connectivity index (χ1) is 71.9. The second-order valence-electron chi connectivity index (χ2n) is 40.5. The van der Waals surface area contributed by atoms with Crippen LogP contribution in [0, 0.1) is 35.5 Å². The van der Waals surface area contributed by atoms with Crippen LogP contribution in [0.2, 0.25) is 0 Å². The molecular formula is C114H211N5O23S6. The number of likely N-dealkylation sites (N-methyl/N-ethyl adjacent to an activating group) is 1. The van der Waals surface area contributed by atoms with Crippen LogP contribution in [0.5, 0.6) is 0 Å². The number of rotatable bonds is 109. The lowest BCUT2D eigenvalue weighted by Gasteiger charge is -2.33. The van der Waals surface area contributed by atoms with Crippen LogP contribution in [-0.2, 0) is 110 Å². The summed E-state index contributed by atoms with van der Waals surface area (Å²) in [5, 5.41) is 0. The zero-order valence-electron chi connectivity index (χ0n) is 94.9. The van der Waals surface area contributed by atoms with E-state index in [0.717, 1.165) is 87.2 Å². The van der Waals surface area contributed by atoms with E-state index >= 15 is 0 Å². The van der Waals surface area contributed by atoms with Gasteiger partial charge in [0.05, 0.1) is 81.3 Å². The van der Waals surface area contributed by atoms with Crippen molar-refractivity contribution in [3.05, 3.63) is 0 Å². The van der Waals surface area contributed by atoms with Crippen molar-refractivity contribution in [1.82, 2.24) is 24.5 Å². The first-order valence-corrected chi connectivity index (χ1v) is 65.2. The minimum atomic E-state index is -0.511. The lowest BCUT2D eigenvalue weighted by Crippen LogP contribution is -2.45. The molecule has 0 aliphatic carbocycles. The summed E-state index contributed by atoms with van der Waals surface area (Å²) in [5.41, 5.74) is 0. The lowest BCUT2D eigenvalue weighted by atomic mass is 10.1. The largest absolute Gasteiger partial charge is 0.463 e. The fourth-order valence-corrected chi connectivity index (χ4v) is 22.7. The molecule has 1 rings (SSSR count). The average Bonchev–Trinajstić information content (AvgIpc) is 0.909. The van der Waals surface area contributed by atoms with Gasteiger partial charge in [-0.15, -0.1) is 0 Å². The molecule has 0 amide bonds. The van der Waals surface area contributed by atoms with Gasteiger partial charge in [0.1, 0.15) is 72.7 Å². The first kappa shape index (κ1) is 142. The highest BCUT2D eigenvalue weighted by atomic mass is 32.2. The van der Waals surface area contributed by atoms with Gasteiger partial charge in [-0.1, -0.05) is 300 Å². The van der Waals surface area contributed by atoms with Gasteiger partial charge < -0.3 is 81.3 Å². The predicted octanol–water partition coefficient (Wildman–Crippen LogP) is 22.8. The number of unbranched alkanes of at least 4 members (excludes halogenated alkanes) is 36. The van der Waals surface area contributed by atoms with Crippen molar-refractivity contribution < 1.29 is 110 Å². The molecule has 1 heterocycles. The highest BCUT2D eigenvalue weighted by Gasteiger charge is 2.25. The molecular weight excluding hydrogens is 2000 g/mol. The van der Waals surface area contributed by atoms with Crippen LogP contribution < -0.4 is 0 Å². The molecule has 0 aromatic carbocycles. The first-order valence-electron chi connectivity index (χ1n) is 58.3. The zero-order valence-corrected chi connectivity index (χ0v) is 99.7. The number of esters is 11. The van der Waals surface area contributed by atoms with Gasteiger partial charge in [0.15, 0.2) is 0 Å². The SMILES string of the molecule is CCCCCCCCCCCCSCC(C)COCCOC(=O)CCN(CCSCC(C)C(=O)OCCOC(=O)CCN(CCCN1CCN(C)CC1)CCC(=O)OCCOC(=O)C(C)CSCCN(CCC(=O)OCCOC(=O)C(C)CSCCCCCCCCCCCC)CCC(=O)OCCOC(=O)C(C)CSCCCCCCCCCCCC)CCC(=O)OCCOC(=O)C(C)CSCCCCCCCCCCCC. The lowest BCUT2D eigenvalue weighted by molar-refractivity contribution is -0.154. The molecule has 0 aromatic heterocycles. The summed E-state index contributed by atoms with van der Waals surface area (Å²) in [6.45, 7) is 28.5. The molecule has 0 bridgehead atoms. The van der Waals surface area contributed by atoms with E-state index in [0.29, 0.717) is 105 Å². The number of carbonyl (C=O) groups is 11. The van der Waals surface area contributed by atoms with Crippen LogP contribution in [0.1, 0.15) is 371 Å². The van der Waals surface area contributed by atoms with Gasteiger partial charge in [0.25, 0.3) is 0 Å². The van der Waals surface area contributed by atoms with Gasteiger partial charge in [-0.2, -0.15) is 70.6 Å². The average molecular weight is 2210 g/mol. The molecule has 0 aromatic rings. The number of thioether (sulfide) groups is 6. The predicted molar refractivity (Wildman–Crippen MR) is 613 cm³/mol. The van der Waals surface area contributed by atoms with E-state index in [1.54, 1.807) is 49.1 Å². The van der Waals surface area contributed by atoms with Gasteiger partial charge in [-0.25, -0.2) is 0 Å². The van der Waals surface area contributed by atoms with Crippen LogP contribution >= 0.6 is 70.6 Å². The third-order valence-electron chi connectivity index (χ3n) is 26.1. The minimum Gasteiger partial charge on any atom is -0.463 e. The Balaban J connectivity index is 2.78. The van der Waals surface area contributed by atoms with Gasteiger partial charge in [-0.05, 0) is 86.9 Å². The molecule has 1 aliphatic rings. The highest BCUT2D eigenvalue weighted by Crippen LogP contribution is 2.24. The quantitative estimate of drug-likeness (QED) is 0.0310. The van der Waals surface area contributed by atoms with Crippen molar-refractivity contribution in [2.45, 2.75) is 371 Å². The van der Waals surface area contributed by atoms with Crippen molar-refractivity contribution in [3.63, 3.8) is 0 Å². The Labute approximate surface area is 924 Å². The van der Waals surface area contributed by atoms with Crippen LogP contribution in [-0.4, -0.2) is 344 Å². The molecule has 34 heteroatoms. The summed E-state index contributed by atoms with van der Waals surface area (Å²) in [6, 6.07) is 0. The summed E-state index contributed by atoms with van der Waals surface area (Å²) in [5.74, 6) is 3.13. The number of hydrogen-bond acceptors (Lipinski definition) is 34. The van der Waals surface area contributed by atoms with Crippen molar-refractivity contribution >= 4 is 136 Å². The van der Waals surface area contributed by atoms with E-state index in [2.05, 4.69) is 51.5 Å². The van der Waals surface area contributed by atoms with E-state index in [1.807, 2.05) is 47.2 Å². The maximum Gasteiger partial charge on any atom is 0.309 e. The maximum absolute atomic E-state index is 13.2. The summed E-state index contributed by atoms with van der Waals surface area (Å²) >= 11 is 10.3. The van der Waals surface area contributed by atoms with Crippen molar-refractivity contribution in [2.24, 2.45) is 35.5 Å². The van der Waals surface area contributed by atoms with E-state index in [4.69, 9.17) is 56.8 Å². The Bertz CT molecular complexity index is 3150. The second kappa shape index (κ2) is 105. The van der Waals surface area contributed by atoms with Crippen molar-refractivity contribution in [3.8, 4) is 0 Å². The summed E-state index contributed by atoms with van der Waals surface area (Å²) in [6.07, 6.45) is 52.7. The number of piperazine rings is 1. The van der Waals surface area contributed by atoms with Crippen LogP contribution in [0.15, 0.2) is 0 Å². The monoisotopic (exact) mass is 2210 g/mol. The minimum absolute atomic E-state index is 0.0129. The molecule has 866 valence electrons. The molecule has 6 atom stereocenters. The fraction of sp³-hybridized carbons (Fsp3) is 0.904. The topological polar surface area (TPSA) is 315 Å². The number of nitrogens with zero attached hydrogens (tertiary/aromatic N) is 5. The van der Waals surface area contributed by atoms with Gasteiger partial charge >= 0.3 is 65.7 Å². The van der Waals surface area contributed by atoms with Crippen molar-refractivity contribution in [2.75, 3.05) is 254 Å². The summed E-state index contributed by atoms with van der Waals surface area (Å²) < 4.78 is 66.4. The second-order valence-corrected chi connectivity index (χ2v) is 47.4. The highest BCUT2D eigenvalue weighted by molar-refractivity contribution is 8.00. The van der Waals surface area contributed by atoms with Crippen molar-refractivity contribution in [1.29, 1.82) is 0 Å². The molecule has 28 nitrogen and oxygen atoms in total. The summed E-state index contributed by atoms with van der Waals surface area (Å²) in [7, 11) is 2.11. The molecule has 0 radical (unpaired) electrons. The molecule has 1 aliphatic heterocycles. The van der Waals surface area contributed by atoms with E-state index in [-0.39, 0.29) is 166 Å². The molecule has 1 saturated heterocycles. The van der Waals surface area contributed by atoms with Gasteiger partial charge in [-0.3, -0.25) is 52.7 Å². The molecule has 0 saturated carbocycles. The number of ether oxygens (including phenoxy) is 12. The third-order valence-corrected chi connectivity index (χ3v) is 33.8. The Kier molecular flexibility index (Phi) is 100. The fourth-order valence-electron chi connectivity index (χ4n) is 16.4. The number of carbonyl (C=O) groups excluding carboxylic acids is 11. The Morgan fingerprint density at radius 2 is 0.432 bits per heavy atom. The van der Waals surface area contributed by atoms with Gasteiger partial charge in [0.2, 0.25) is 0 Å². The Morgan fingerprint density at radius 1 is 0.230 bits per heavy atom. The third kappa shape index (κ3) is 92.2. The maximum atomic E-state index is 13.2. The smallest absolute Gasteiger partial charge is 0.309 e. The van der Waals surface area contributed by atoms with E-state index in [1.165, 1.54) is 261 Å². The molecule has 0 spiro atoms.